The van der Waals surface area contributed by atoms with E-state index in [4.69, 9.17) is 14.2 Å². The van der Waals surface area contributed by atoms with Gasteiger partial charge in [0.1, 0.15) is 5.75 Å². The van der Waals surface area contributed by atoms with E-state index in [1.54, 1.807) is 48.5 Å². The van der Waals surface area contributed by atoms with Gasteiger partial charge in [-0.05, 0) is 12.1 Å². The molecule has 2 aromatic carbocycles. The van der Waals surface area contributed by atoms with Crippen LogP contribution in [0.1, 0.15) is 15.9 Å². The van der Waals surface area contributed by atoms with E-state index < -0.39 is 17.4 Å². The Morgan fingerprint density at radius 3 is 2.41 bits per heavy atom. The fourth-order valence-electron chi connectivity index (χ4n) is 2.96. The van der Waals surface area contributed by atoms with Crippen LogP contribution in [0.3, 0.4) is 0 Å². The van der Waals surface area contributed by atoms with Crippen LogP contribution in [0.15, 0.2) is 54.6 Å². The van der Waals surface area contributed by atoms with Crippen LogP contribution >= 0.6 is 0 Å². The third-order valence-electron chi connectivity index (χ3n) is 3.99. The summed E-state index contributed by atoms with van der Waals surface area (Å²) >= 11 is 0. The number of carbonyl (C=O) groups is 1. The summed E-state index contributed by atoms with van der Waals surface area (Å²) in [5.41, 5.74) is 0.808. The van der Waals surface area contributed by atoms with Gasteiger partial charge in [0.05, 0.1) is 18.8 Å². The van der Waals surface area contributed by atoms with E-state index in [-0.39, 0.29) is 18.8 Å². The number of hydrogen-bond acceptors (Lipinski definition) is 5. The average Bonchev–Trinajstić information content (AvgIpc) is 2.57. The standard InChI is InChI=1S/C17H14O5/c18-15-13-8-4-5-9-14(13)22-17(12-6-2-1-3-7-12)16(15,19)20-10-11-21-17/h1-9,19H,10-11H2. The minimum atomic E-state index is -2.21. The van der Waals surface area contributed by atoms with Crippen LogP contribution in [0.2, 0.25) is 0 Å². The van der Waals surface area contributed by atoms with Crippen LogP contribution in [0.5, 0.6) is 5.75 Å². The van der Waals surface area contributed by atoms with Crippen LogP contribution in [-0.2, 0) is 15.3 Å². The highest BCUT2D eigenvalue weighted by molar-refractivity contribution is 6.05. The van der Waals surface area contributed by atoms with Crippen molar-refractivity contribution in [2.45, 2.75) is 11.6 Å². The Balaban J connectivity index is 1.97. The molecule has 112 valence electrons. The van der Waals surface area contributed by atoms with Crippen LogP contribution in [0.25, 0.3) is 0 Å². The third-order valence-corrected chi connectivity index (χ3v) is 3.99. The average molecular weight is 298 g/mol. The van der Waals surface area contributed by atoms with Gasteiger partial charge >= 0.3 is 11.6 Å². The summed E-state index contributed by atoms with van der Waals surface area (Å²) in [5.74, 6) is -4.09. The molecule has 2 atom stereocenters. The SMILES string of the molecule is O=C1c2ccccc2OC2(c3ccccc3)OCCOC12O. The normalized spacial score (nSPS) is 30.1. The summed E-state index contributed by atoms with van der Waals surface area (Å²) in [4.78, 5) is 12.8. The molecule has 0 aliphatic carbocycles. The minimum absolute atomic E-state index is 0.113. The van der Waals surface area contributed by atoms with Gasteiger partial charge in [0.15, 0.2) is 0 Å². The first-order chi connectivity index (χ1) is 10.7. The fraction of sp³-hybridized carbons (Fsp3) is 0.235. The maximum absolute atomic E-state index is 12.8. The summed E-state index contributed by atoms with van der Waals surface area (Å²) < 4.78 is 17.2. The minimum Gasteiger partial charge on any atom is -0.451 e. The number of ether oxygens (including phenoxy) is 3. The first kappa shape index (κ1) is 13.5. The summed E-state index contributed by atoms with van der Waals surface area (Å²) in [6.45, 7) is 0.328. The second-order valence-electron chi connectivity index (χ2n) is 5.25. The van der Waals surface area contributed by atoms with E-state index in [0.717, 1.165) is 0 Å². The molecule has 22 heavy (non-hydrogen) atoms. The van der Waals surface area contributed by atoms with Gasteiger partial charge in [-0.2, -0.15) is 0 Å². The molecule has 0 radical (unpaired) electrons. The first-order valence-corrected chi connectivity index (χ1v) is 7.06. The number of para-hydroxylation sites is 1. The molecule has 2 aromatic rings. The molecule has 0 aromatic heterocycles. The highest BCUT2D eigenvalue weighted by Crippen LogP contribution is 2.48. The van der Waals surface area contributed by atoms with Crippen molar-refractivity contribution < 1.29 is 24.1 Å². The maximum Gasteiger partial charge on any atom is 0.304 e. The molecule has 2 unspecified atom stereocenters. The topological polar surface area (TPSA) is 65.0 Å². The number of rotatable bonds is 1. The Morgan fingerprint density at radius 1 is 0.909 bits per heavy atom. The van der Waals surface area contributed by atoms with E-state index in [1.165, 1.54) is 0 Å². The van der Waals surface area contributed by atoms with E-state index in [1.807, 2.05) is 6.07 Å². The van der Waals surface area contributed by atoms with E-state index in [2.05, 4.69) is 0 Å². The van der Waals surface area contributed by atoms with Crippen LogP contribution in [0, 0.1) is 0 Å². The van der Waals surface area contributed by atoms with Gasteiger partial charge < -0.3 is 19.3 Å². The molecular formula is C17H14O5. The van der Waals surface area contributed by atoms with Gasteiger partial charge in [-0.1, -0.05) is 42.5 Å². The van der Waals surface area contributed by atoms with E-state index in [9.17, 15) is 9.90 Å². The Kier molecular flexibility index (Phi) is 2.84. The van der Waals surface area contributed by atoms with Gasteiger partial charge in [0.25, 0.3) is 0 Å². The van der Waals surface area contributed by atoms with E-state index >= 15 is 0 Å². The molecular weight excluding hydrogens is 284 g/mol. The lowest BCUT2D eigenvalue weighted by atomic mass is 9.86. The predicted octanol–water partition coefficient (Wildman–Crippen LogP) is 1.85. The maximum atomic E-state index is 12.8. The second-order valence-corrected chi connectivity index (χ2v) is 5.25. The van der Waals surface area contributed by atoms with E-state index in [0.29, 0.717) is 11.3 Å². The highest BCUT2D eigenvalue weighted by atomic mass is 16.8. The molecule has 2 aliphatic rings. The van der Waals surface area contributed by atoms with Crippen LogP contribution in [0.4, 0.5) is 0 Å². The lowest BCUT2D eigenvalue weighted by Crippen LogP contribution is -2.68. The van der Waals surface area contributed by atoms with Crippen molar-refractivity contribution in [1.82, 2.24) is 0 Å². The predicted molar refractivity (Wildman–Crippen MR) is 76.4 cm³/mol. The summed E-state index contributed by atoms with van der Waals surface area (Å²) in [6.07, 6.45) is 0. The molecule has 0 saturated carbocycles. The monoisotopic (exact) mass is 298 g/mol. The molecule has 5 nitrogen and oxygen atoms in total. The molecule has 1 N–H and O–H groups in total. The zero-order chi connectivity index (χ0) is 15.2. The Hall–Kier alpha value is -2.21. The molecule has 5 heteroatoms. The lowest BCUT2D eigenvalue weighted by Gasteiger charge is -2.49. The summed E-state index contributed by atoms with van der Waals surface area (Å²) in [6, 6.07) is 15.6. The Bertz CT molecular complexity index is 729. The third kappa shape index (κ3) is 1.61. The van der Waals surface area contributed by atoms with Gasteiger partial charge in [-0.15, -0.1) is 0 Å². The van der Waals surface area contributed by atoms with Gasteiger partial charge in [0, 0.05) is 5.56 Å². The molecule has 4 rings (SSSR count). The lowest BCUT2D eigenvalue weighted by molar-refractivity contribution is -0.393. The molecule has 2 heterocycles. The van der Waals surface area contributed by atoms with Crippen molar-refractivity contribution >= 4 is 5.78 Å². The van der Waals surface area contributed by atoms with Gasteiger partial charge in [-0.25, -0.2) is 0 Å². The number of Topliss-reactive ketones (excluding diaryl/α,β-unsaturated/α-hetero) is 1. The second kappa shape index (κ2) is 4.64. The smallest absolute Gasteiger partial charge is 0.304 e. The number of fused-ring (bicyclic) bond motifs is 2. The van der Waals surface area contributed by atoms with Crippen molar-refractivity contribution in [1.29, 1.82) is 0 Å². The summed E-state index contributed by atoms with van der Waals surface area (Å²) in [7, 11) is 0. The quantitative estimate of drug-likeness (QED) is 0.870. The molecule has 0 bridgehead atoms. The van der Waals surface area contributed by atoms with Crippen molar-refractivity contribution in [3.8, 4) is 5.75 Å². The van der Waals surface area contributed by atoms with Crippen molar-refractivity contribution in [3.63, 3.8) is 0 Å². The molecule has 2 aliphatic heterocycles. The van der Waals surface area contributed by atoms with Gasteiger partial charge in [0.2, 0.25) is 5.78 Å². The van der Waals surface area contributed by atoms with Gasteiger partial charge in [-0.3, -0.25) is 4.79 Å². The Labute approximate surface area is 127 Å². The number of hydrogen-bond donors (Lipinski definition) is 1. The van der Waals surface area contributed by atoms with Crippen LogP contribution < -0.4 is 4.74 Å². The Morgan fingerprint density at radius 2 is 1.59 bits per heavy atom. The zero-order valence-electron chi connectivity index (χ0n) is 11.7. The van der Waals surface area contributed by atoms with Crippen molar-refractivity contribution in [2.24, 2.45) is 0 Å². The van der Waals surface area contributed by atoms with Crippen molar-refractivity contribution in [3.05, 3.63) is 65.7 Å². The highest BCUT2D eigenvalue weighted by Gasteiger charge is 2.66. The fourth-order valence-corrected chi connectivity index (χ4v) is 2.96. The number of aliphatic hydroxyl groups is 1. The number of benzene rings is 2. The first-order valence-electron chi connectivity index (χ1n) is 7.06. The van der Waals surface area contributed by atoms with Crippen LogP contribution in [-0.4, -0.2) is 29.9 Å². The largest absolute Gasteiger partial charge is 0.451 e. The molecule has 0 amide bonds. The molecule has 1 saturated heterocycles. The van der Waals surface area contributed by atoms with Crippen molar-refractivity contribution in [2.75, 3.05) is 13.2 Å². The summed E-state index contributed by atoms with van der Waals surface area (Å²) in [5, 5.41) is 11.0. The molecule has 0 spiro atoms. The number of ketones is 1. The number of carbonyl (C=O) groups excluding carboxylic acids is 1. The molecule has 1 fully saturated rings. The zero-order valence-corrected chi connectivity index (χ0v) is 11.7.